The third-order valence-electron chi connectivity index (χ3n) is 1.04. The molecule has 0 atom stereocenters. The summed E-state index contributed by atoms with van der Waals surface area (Å²) in [5.41, 5.74) is 3.12. The van der Waals surface area contributed by atoms with E-state index in [0.29, 0.717) is 5.69 Å². The van der Waals surface area contributed by atoms with Gasteiger partial charge >= 0.3 is 0 Å². The molecule has 10 heavy (non-hydrogen) atoms. The van der Waals surface area contributed by atoms with Gasteiger partial charge in [0, 0.05) is 0 Å². The molecular weight excluding hydrogens is 133 g/mol. The van der Waals surface area contributed by atoms with E-state index in [2.05, 4.69) is 10.3 Å². The zero-order chi connectivity index (χ0) is 7.40. The maximum absolute atomic E-state index is 12.4. The first-order chi connectivity index (χ1) is 4.83. The Hall–Kier alpha value is -1.09. The summed E-state index contributed by atoms with van der Waals surface area (Å²) in [5, 5.41) is 0. The van der Waals surface area contributed by atoms with Crippen molar-refractivity contribution in [1.82, 2.24) is 0 Å². The number of hydrogen-bond donors (Lipinski definition) is 1. The summed E-state index contributed by atoms with van der Waals surface area (Å²) in [6, 6.07) is 6.05. The minimum Gasteiger partial charge on any atom is -0.279 e. The number of nitrogens with one attached hydrogen (secondary N) is 1. The largest absolute Gasteiger partial charge is 0.279 e. The summed E-state index contributed by atoms with van der Waals surface area (Å²) < 4.78 is 12.4. The van der Waals surface area contributed by atoms with E-state index in [0.717, 1.165) is 0 Å². The fourth-order valence-corrected chi connectivity index (χ4v) is 0.670. The lowest BCUT2D eigenvalue weighted by Gasteiger charge is -2.00. The van der Waals surface area contributed by atoms with Gasteiger partial charge in [0.15, 0.2) is 0 Å². The van der Waals surface area contributed by atoms with Crippen LogP contribution >= 0.6 is 0 Å². The normalized spacial score (nSPS) is 9.40. The quantitative estimate of drug-likeness (QED) is 0.634. The van der Waals surface area contributed by atoms with Gasteiger partial charge in [-0.2, -0.15) is 0 Å². The Morgan fingerprint density at radius 3 is 2.90 bits per heavy atom. The average Bonchev–Trinajstić information content (AvgIpc) is 1.88. The molecule has 0 heterocycles. The number of anilines is 1. The summed E-state index contributed by atoms with van der Waals surface area (Å²) in [6.45, 7) is 0. The van der Waals surface area contributed by atoms with Crippen LogP contribution in [0.4, 0.5) is 10.1 Å². The van der Waals surface area contributed by atoms with Crippen LogP contribution in [0.1, 0.15) is 0 Å². The van der Waals surface area contributed by atoms with Crippen LogP contribution in [0, 0.1) is 5.82 Å². The maximum atomic E-state index is 12.4. The third-order valence-corrected chi connectivity index (χ3v) is 1.04. The molecule has 0 bridgehead atoms. The van der Waals surface area contributed by atoms with Crippen molar-refractivity contribution in [2.45, 2.75) is 0 Å². The van der Waals surface area contributed by atoms with Crippen molar-refractivity contribution in [2.75, 3.05) is 12.6 Å². The second-order valence-electron chi connectivity index (χ2n) is 1.82. The molecule has 54 valence electrons. The van der Waals surface area contributed by atoms with E-state index in [1.165, 1.54) is 19.2 Å². The lowest BCUT2D eigenvalue weighted by molar-refractivity contribution is 0.271. The summed E-state index contributed by atoms with van der Waals surface area (Å²) >= 11 is 0. The van der Waals surface area contributed by atoms with Crippen LogP contribution in [0.25, 0.3) is 0 Å². The van der Waals surface area contributed by atoms with Gasteiger partial charge in [-0.25, -0.2) is 4.39 Å². The zero-order valence-electron chi connectivity index (χ0n) is 5.60. The van der Waals surface area contributed by atoms with E-state index < -0.39 is 0 Å². The summed E-state index contributed by atoms with van der Waals surface area (Å²) in [5.74, 6) is -0.276. The smallest absolute Gasteiger partial charge is 0.125 e. The number of benzene rings is 1. The van der Waals surface area contributed by atoms with Crippen molar-refractivity contribution in [3.05, 3.63) is 30.1 Å². The van der Waals surface area contributed by atoms with Gasteiger partial charge in [0.05, 0.1) is 12.8 Å². The number of halogens is 1. The first-order valence-corrected chi connectivity index (χ1v) is 2.87. The van der Waals surface area contributed by atoms with E-state index in [1.807, 2.05) is 0 Å². The number of rotatable bonds is 2. The molecule has 0 aliphatic rings. The van der Waals surface area contributed by atoms with E-state index in [-0.39, 0.29) is 5.82 Å². The molecule has 0 unspecified atom stereocenters. The molecule has 0 aliphatic heterocycles. The predicted molar refractivity (Wildman–Crippen MR) is 37.0 cm³/mol. The Balaban J connectivity index is 2.75. The predicted octanol–water partition coefficient (Wildman–Crippen LogP) is 1.80. The highest BCUT2D eigenvalue weighted by atomic mass is 19.1. The first kappa shape index (κ1) is 7.02. The molecular formula is C7H8FNO. The number of hydrogen-bond acceptors (Lipinski definition) is 2. The van der Waals surface area contributed by atoms with E-state index in [1.54, 1.807) is 12.1 Å². The molecule has 0 aliphatic carbocycles. The Morgan fingerprint density at radius 2 is 2.30 bits per heavy atom. The van der Waals surface area contributed by atoms with Gasteiger partial charge in [-0.1, -0.05) is 6.07 Å². The Labute approximate surface area is 58.6 Å². The van der Waals surface area contributed by atoms with Crippen LogP contribution in [0.5, 0.6) is 0 Å². The second kappa shape index (κ2) is 3.17. The molecule has 0 aromatic heterocycles. The van der Waals surface area contributed by atoms with Crippen molar-refractivity contribution in [3.63, 3.8) is 0 Å². The summed E-state index contributed by atoms with van der Waals surface area (Å²) in [6.07, 6.45) is 0. The van der Waals surface area contributed by atoms with Gasteiger partial charge in [0.2, 0.25) is 0 Å². The van der Waals surface area contributed by atoms with E-state index >= 15 is 0 Å². The lowest BCUT2D eigenvalue weighted by Crippen LogP contribution is -1.94. The fraction of sp³-hybridized carbons (Fsp3) is 0.143. The molecule has 0 saturated carbocycles. The molecule has 0 saturated heterocycles. The van der Waals surface area contributed by atoms with Gasteiger partial charge in [0.1, 0.15) is 5.82 Å². The average molecular weight is 141 g/mol. The minimum absolute atomic E-state index is 0.276. The van der Waals surface area contributed by atoms with Gasteiger partial charge in [0.25, 0.3) is 0 Å². The van der Waals surface area contributed by atoms with Crippen LogP contribution < -0.4 is 5.48 Å². The molecule has 1 aromatic rings. The SMILES string of the molecule is CONc1cccc(F)c1. The van der Waals surface area contributed by atoms with E-state index in [9.17, 15) is 4.39 Å². The molecule has 0 fully saturated rings. The van der Waals surface area contributed by atoms with Gasteiger partial charge in [-0.05, 0) is 18.2 Å². The Kier molecular flexibility index (Phi) is 2.23. The van der Waals surface area contributed by atoms with E-state index in [4.69, 9.17) is 0 Å². The maximum Gasteiger partial charge on any atom is 0.125 e. The standard InChI is InChI=1S/C7H8FNO/c1-10-9-7-4-2-3-6(8)5-7/h2-5,9H,1H3. The van der Waals surface area contributed by atoms with Crippen molar-refractivity contribution < 1.29 is 9.23 Å². The van der Waals surface area contributed by atoms with Crippen LogP contribution in [-0.4, -0.2) is 7.11 Å². The Morgan fingerprint density at radius 1 is 1.50 bits per heavy atom. The lowest BCUT2D eigenvalue weighted by atomic mass is 10.3. The van der Waals surface area contributed by atoms with Crippen molar-refractivity contribution in [3.8, 4) is 0 Å². The highest BCUT2D eigenvalue weighted by molar-refractivity contribution is 5.40. The first-order valence-electron chi connectivity index (χ1n) is 2.87. The van der Waals surface area contributed by atoms with Gasteiger partial charge < -0.3 is 0 Å². The molecule has 3 heteroatoms. The van der Waals surface area contributed by atoms with Crippen molar-refractivity contribution in [2.24, 2.45) is 0 Å². The Bertz CT molecular complexity index is 215. The summed E-state index contributed by atoms with van der Waals surface area (Å²) in [4.78, 5) is 4.57. The van der Waals surface area contributed by atoms with Crippen LogP contribution in [-0.2, 0) is 4.84 Å². The van der Waals surface area contributed by atoms with Crippen LogP contribution in [0.3, 0.4) is 0 Å². The van der Waals surface area contributed by atoms with Crippen molar-refractivity contribution in [1.29, 1.82) is 0 Å². The molecule has 1 aromatic carbocycles. The topological polar surface area (TPSA) is 21.3 Å². The molecule has 0 spiro atoms. The fourth-order valence-electron chi connectivity index (χ4n) is 0.670. The molecule has 1 rings (SSSR count). The zero-order valence-corrected chi connectivity index (χ0v) is 5.60. The van der Waals surface area contributed by atoms with Gasteiger partial charge in [-0.15, -0.1) is 0 Å². The van der Waals surface area contributed by atoms with Crippen LogP contribution in [0.15, 0.2) is 24.3 Å². The summed E-state index contributed by atoms with van der Waals surface area (Å²) in [7, 11) is 1.48. The van der Waals surface area contributed by atoms with Crippen molar-refractivity contribution >= 4 is 5.69 Å². The second-order valence-corrected chi connectivity index (χ2v) is 1.82. The molecule has 1 N–H and O–H groups in total. The molecule has 0 radical (unpaired) electrons. The molecule has 0 amide bonds. The molecule has 2 nitrogen and oxygen atoms in total. The third kappa shape index (κ3) is 1.70. The highest BCUT2D eigenvalue weighted by Gasteiger charge is 1.90. The van der Waals surface area contributed by atoms with Crippen LogP contribution in [0.2, 0.25) is 0 Å². The minimum atomic E-state index is -0.276. The van der Waals surface area contributed by atoms with Gasteiger partial charge in [-0.3, -0.25) is 10.3 Å². The highest BCUT2D eigenvalue weighted by Crippen LogP contribution is 2.07. The monoisotopic (exact) mass is 141 g/mol.